The van der Waals surface area contributed by atoms with Gasteiger partial charge < -0.3 is 9.16 Å². The van der Waals surface area contributed by atoms with E-state index in [0.29, 0.717) is 16.6 Å². The Morgan fingerprint density at radius 2 is 1.59 bits per heavy atom. The summed E-state index contributed by atoms with van der Waals surface area (Å²) in [4.78, 5) is 0. The molecule has 168 valence electrons. The van der Waals surface area contributed by atoms with E-state index in [-0.39, 0.29) is 17.2 Å². The summed E-state index contributed by atoms with van der Waals surface area (Å²) < 4.78 is 12.8. The second kappa shape index (κ2) is 10.8. The molecule has 1 rings (SSSR count). The van der Waals surface area contributed by atoms with Gasteiger partial charge in [0.1, 0.15) is 8.07 Å². The first kappa shape index (κ1) is 26.7. The summed E-state index contributed by atoms with van der Waals surface area (Å²) in [5, 5.41) is 0.231. The Morgan fingerprint density at radius 3 is 2.07 bits per heavy atom. The normalized spacial score (nSPS) is 21.9. The average molecular weight is 437 g/mol. The number of hydrogen-bond acceptors (Lipinski definition) is 2. The fourth-order valence-corrected chi connectivity index (χ4v) is 11.2. The summed E-state index contributed by atoms with van der Waals surface area (Å²) in [5.74, 6) is 3.44. The van der Waals surface area contributed by atoms with E-state index in [1.165, 1.54) is 0 Å². The third-order valence-corrected chi connectivity index (χ3v) is 18.2. The van der Waals surface area contributed by atoms with Crippen LogP contribution in [0.2, 0.25) is 34.8 Å². The van der Waals surface area contributed by atoms with Crippen LogP contribution in [-0.4, -0.2) is 35.2 Å². The SMILES string of the molecule is CC(C)[Si](C#C/C=C\C[C@H]1OCCC[C@@H]1O[Si](C)(C)C(C)(C)C)(C(C)C)C(C)C. The van der Waals surface area contributed by atoms with E-state index in [0.717, 1.165) is 25.9 Å². The number of ether oxygens (including phenoxy) is 1. The zero-order valence-electron chi connectivity index (χ0n) is 21.2. The number of hydrogen-bond donors (Lipinski definition) is 0. The number of rotatable bonds is 7. The van der Waals surface area contributed by atoms with Crippen LogP contribution in [0.4, 0.5) is 0 Å². The van der Waals surface area contributed by atoms with Crippen molar-refractivity contribution in [3.05, 3.63) is 12.2 Å². The van der Waals surface area contributed by atoms with Gasteiger partial charge in [0.2, 0.25) is 0 Å². The molecule has 29 heavy (non-hydrogen) atoms. The Kier molecular flexibility index (Phi) is 9.94. The second-order valence-electron chi connectivity index (χ2n) is 11.3. The van der Waals surface area contributed by atoms with Crippen LogP contribution in [0.5, 0.6) is 0 Å². The first-order valence-corrected chi connectivity index (χ1v) is 16.9. The molecule has 1 heterocycles. The standard InChI is InChI=1S/C25H48O2Si2/c1-20(2)29(21(3)4,22(5)6)19-14-12-13-16-23-24(17-15-18-26-23)27-28(10,11)25(7,8)9/h12-13,20-24H,15-18H2,1-11H3/b13-12-/t23-,24+/m1/s1. The zero-order valence-corrected chi connectivity index (χ0v) is 23.2. The van der Waals surface area contributed by atoms with E-state index in [1.54, 1.807) is 0 Å². The van der Waals surface area contributed by atoms with Crippen molar-refractivity contribution in [2.45, 2.75) is 129 Å². The predicted octanol–water partition coefficient (Wildman–Crippen LogP) is 7.72. The highest BCUT2D eigenvalue weighted by Crippen LogP contribution is 2.41. The third-order valence-electron chi connectivity index (χ3n) is 7.36. The molecule has 0 aromatic carbocycles. The summed E-state index contributed by atoms with van der Waals surface area (Å²) in [6.45, 7) is 26.6. The van der Waals surface area contributed by atoms with Crippen LogP contribution < -0.4 is 0 Å². The van der Waals surface area contributed by atoms with Crippen LogP contribution in [-0.2, 0) is 9.16 Å². The van der Waals surface area contributed by atoms with Gasteiger partial charge in [-0.25, -0.2) is 0 Å². The Morgan fingerprint density at radius 1 is 1.03 bits per heavy atom. The van der Waals surface area contributed by atoms with Crippen molar-refractivity contribution < 1.29 is 9.16 Å². The molecule has 0 saturated carbocycles. The van der Waals surface area contributed by atoms with Crippen LogP contribution in [0.15, 0.2) is 12.2 Å². The maximum atomic E-state index is 6.71. The van der Waals surface area contributed by atoms with Gasteiger partial charge in [-0.05, 0) is 60.1 Å². The molecule has 0 aromatic rings. The lowest BCUT2D eigenvalue weighted by atomic mass is 10.0. The van der Waals surface area contributed by atoms with E-state index >= 15 is 0 Å². The van der Waals surface area contributed by atoms with Gasteiger partial charge in [0, 0.05) is 6.61 Å². The van der Waals surface area contributed by atoms with Crippen molar-refractivity contribution in [2.75, 3.05) is 6.61 Å². The number of allylic oxidation sites excluding steroid dienone is 1. The van der Waals surface area contributed by atoms with Crippen LogP contribution in [0.25, 0.3) is 0 Å². The lowest BCUT2D eigenvalue weighted by molar-refractivity contribution is -0.0653. The van der Waals surface area contributed by atoms with E-state index in [2.05, 4.69) is 99.0 Å². The van der Waals surface area contributed by atoms with Crippen molar-refractivity contribution in [1.82, 2.24) is 0 Å². The zero-order chi connectivity index (χ0) is 22.5. The van der Waals surface area contributed by atoms with Crippen molar-refractivity contribution in [1.29, 1.82) is 0 Å². The minimum Gasteiger partial charge on any atom is -0.411 e. The fraction of sp³-hybridized carbons (Fsp3) is 0.840. The molecule has 0 amide bonds. The van der Waals surface area contributed by atoms with Crippen molar-refractivity contribution in [3.63, 3.8) is 0 Å². The molecular formula is C25H48O2Si2. The summed E-state index contributed by atoms with van der Waals surface area (Å²) in [6.07, 6.45) is 7.79. The Bertz CT molecular complexity index is 566. The Labute approximate surface area is 184 Å². The molecule has 2 atom stereocenters. The first-order chi connectivity index (χ1) is 13.3. The largest absolute Gasteiger partial charge is 0.411 e. The molecule has 1 saturated heterocycles. The van der Waals surface area contributed by atoms with Gasteiger partial charge >= 0.3 is 0 Å². The third kappa shape index (κ3) is 6.82. The van der Waals surface area contributed by atoms with E-state index in [1.807, 2.05) is 0 Å². The van der Waals surface area contributed by atoms with E-state index in [4.69, 9.17) is 9.16 Å². The maximum Gasteiger partial charge on any atom is 0.192 e. The topological polar surface area (TPSA) is 18.5 Å². The van der Waals surface area contributed by atoms with Crippen LogP contribution in [0.3, 0.4) is 0 Å². The molecule has 0 aliphatic carbocycles. The van der Waals surface area contributed by atoms with Gasteiger partial charge in [-0.3, -0.25) is 0 Å². The van der Waals surface area contributed by atoms with Crippen molar-refractivity contribution in [2.24, 2.45) is 0 Å². The summed E-state index contributed by atoms with van der Waals surface area (Å²) in [5.41, 5.74) is 5.80. The quantitative estimate of drug-likeness (QED) is 0.300. The summed E-state index contributed by atoms with van der Waals surface area (Å²) >= 11 is 0. The highest BCUT2D eigenvalue weighted by Gasteiger charge is 2.42. The smallest absolute Gasteiger partial charge is 0.192 e. The Balaban J connectivity index is 2.85. The molecule has 0 unspecified atom stereocenters. The van der Waals surface area contributed by atoms with Crippen LogP contribution in [0, 0.1) is 11.5 Å². The molecule has 0 N–H and O–H groups in total. The molecule has 2 nitrogen and oxygen atoms in total. The second-order valence-corrected chi connectivity index (χ2v) is 21.6. The van der Waals surface area contributed by atoms with Gasteiger partial charge in [0.25, 0.3) is 0 Å². The molecule has 4 heteroatoms. The minimum atomic E-state index is -1.78. The highest BCUT2D eigenvalue weighted by molar-refractivity contribution is 6.90. The first-order valence-electron chi connectivity index (χ1n) is 11.7. The summed E-state index contributed by atoms with van der Waals surface area (Å²) in [7, 11) is -3.42. The van der Waals surface area contributed by atoms with Gasteiger partial charge in [0.05, 0.1) is 12.2 Å². The molecule has 0 aromatic heterocycles. The molecule has 0 bridgehead atoms. The minimum absolute atomic E-state index is 0.165. The predicted molar refractivity (Wildman–Crippen MR) is 134 cm³/mol. The van der Waals surface area contributed by atoms with Gasteiger partial charge in [-0.2, -0.15) is 0 Å². The Hall–Kier alpha value is -0.346. The summed E-state index contributed by atoms with van der Waals surface area (Å²) in [6, 6.07) is 0. The average Bonchev–Trinajstić information content (AvgIpc) is 2.57. The molecule has 1 aliphatic rings. The maximum absolute atomic E-state index is 6.71. The lowest BCUT2D eigenvalue weighted by Gasteiger charge is -2.42. The monoisotopic (exact) mass is 436 g/mol. The van der Waals surface area contributed by atoms with Crippen molar-refractivity contribution in [3.8, 4) is 11.5 Å². The van der Waals surface area contributed by atoms with Gasteiger partial charge in [0.15, 0.2) is 8.32 Å². The molecule has 1 aliphatic heterocycles. The molecule has 1 fully saturated rings. The van der Waals surface area contributed by atoms with Crippen molar-refractivity contribution >= 4 is 16.4 Å². The molecule has 0 radical (unpaired) electrons. The van der Waals surface area contributed by atoms with E-state index < -0.39 is 16.4 Å². The van der Waals surface area contributed by atoms with E-state index in [9.17, 15) is 0 Å². The highest BCUT2D eigenvalue weighted by atomic mass is 28.4. The lowest BCUT2D eigenvalue weighted by Crippen LogP contribution is -2.48. The van der Waals surface area contributed by atoms with Gasteiger partial charge in [-0.1, -0.05) is 74.3 Å². The van der Waals surface area contributed by atoms with Gasteiger partial charge in [-0.15, -0.1) is 5.54 Å². The van der Waals surface area contributed by atoms with Crippen LogP contribution in [0.1, 0.15) is 81.6 Å². The van der Waals surface area contributed by atoms with Crippen LogP contribution >= 0.6 is 0 Å². The molecule has 0 spiro atoms. The fourth-order valence-electron chi connectivity index (χ4n) is 4.58. The molecular weight excluding hydrogens is 388 g/mol.